The van der Waals surface area contributed by atoms with E-state index in [1.807, 2.05) is 36.4 Å². The molecule has 178 valence electrons. The maximum absolute atomic E-state index is 13.8. The summed E-state index contributed by atoms with van der Waals surface area (Å²) in [4.78, 5) is 13.8. The van der Waals surface area contributed by atoms with Gasteiger partial charge in [0.1, 0.15) is 13.2 Å². The van der Waals surface area contributed by atoms with Crippen molar-refractivity contribution >= 4 is 17.7 Å². The maximum atomic E-state index is 13.8. The molecule has 0 N–H and O–H groups in total. The van der Waals surface area contributed by atoms with Crippen LogP contribution in [0.25, 0.3) is 0 Å². The molecule has 2 rings (SSSR count). The van der Waals surface area contributed by atoms with Gasteiger partial charge in [0, 0.05) is 0 Å². The molecule has 32 heavy (non-hydrogen) atoms. The van der Waals surface area contributed by atoms with Crippen LogP contribution in [0.1, 0.15) is 57.6 Å². The van der Waals surface area contributed by atoms with Gasteiger partial charge in [0.25, 0.3) is 0 Å². The van der Waals surface area contributed by atoms with Crippen molar-refractivity contribution in [2.24, 2.45) is 0 Å². The predicted octanol–water partition coefficient (Wildman–Crippen LogP) is 3.28. The number of hydrogen-bond acceptors (Lipinski definition) is 3. The number of hydrogen-bond donors (Lipinski definition) is 0. The van der Waals surface area contributed by atoms with Crippen LogP contribution in [0.5, 0.6) is 0 Å². The molecule has 0 bridgehead atoms. The van der Waals surface area contributed by atoms with Crippen molar-refractivity contribution in [3.8, 4) is 0 Å². The Hall–Kier alpha value is -1.05. The van der Waals surface area contributed by atoms with Gasteiger partial charge in [-0.05, 0) is 37.1 Å². The van der Waals surface area contributed by atoms with Crippen molar-refractivity contribution in [2.75, 3.05) is 39.0 Å². The van der Waals surface area contributed by atoms with E-state index in [1.54, 1.807) is 11.8 Å². The number of likely N-dealkylation sites (N-methyl/N-ethyl adjacent to an activating group) is 1. The molecule has 5 heteroatoms. The zero-order valence-corrected chi connectivity index (χ0v) is 23.2. The second kappa shape index (κ2) is 15.0. The van der Waals surface area contributed by atoms with Gasteiger partial charge >= 0.3 is 5.97 Å². The molecule has 0 aromatic heterocycles. The predicted molar refractivity (Wildman–Crippen MR) is 133 cm³/mol. The van der Waals surface area contributed by atoms with E-state index in [-0.39, 0.29) is 29.9 Å². The van der Waals surface area contributed by atoms with E-state index in [4.69, 9.17) is 4.74 Å². The number of thioether (sulfide) groups is 1. The number of ether oxygens (including phenoxy) is 1. The smallest absolute Gasteiger partial charge is 0.331 e. The molecule has 0 unspecified atom stereocenters. The van der Waals surface area contributed by atoms with Crippen LogP contribution in [0.3, 0.4) is 0 Å². The number of rotatable bonds is 14. The highest BCUT2D eigenvalue weighted by atomic mass is 127. The van der Waals surface area contributed by atoms with E-state index in [9.17, 15) is 4.79 Å². The third-order valence-corrected chi connectivity index (χ3v) is 7.92. The van der Waals surface area contributed by atoms with E-state index in [2.05, 4.69) is 52.1 Å². The molecule has 3 nitrogen and oxygen atoms in total. The Kier molecular flexibility index (Phi) is 13.6. The van der Waals surface area contributed by atoms with Gasteiger partial charge in [0.15, 0.2) is 4.75 Å². The number of unbranched alkanes of at least 4 members (excludes halogenated alkanes) is 3. The summed E-state index contributed by atoms with van der Waals surface area (Å²) in [6, 6.07) is 20.3. The molecule has 0 fully saturated rings. The first kappa shape index (κ1) is 29.0. The second-order valence-electron chi connectivity index (χ2n) is 8.43. The van der Waals surface area contributed by atoms with Crippen molar-refractivity contribution in [1.82, 2.24) is 0 Å². The molecule has 0 spiro atoms. The average Bonchev–Trinajstić information content (AvgIpc) is 2.82. The Morgan fingerprint density at radius 2 is 1.41 bits per heavy atom. The fourth-order valence-electron chi connectivity index (χ4n) is 3.73. The third kappa shape index (κ3) is 7.77. The number of quaternary nitrogens is 1. The lowest BCUT2D eigenvalue weighted by Gasteiger charge is -2.34. The van der Waals surface area contributed by atoms with Gasteiger partial charge in [0.05, 0.1) is 20.1 Å². The van der Waals surface area contributed by atoms with Crippen molar-refractivity contribution in [1.29, 1.82) is 0 Å². The Morgan fingerprint density at radius 3 is 1.88 bits per heavy atom. The minimum Gasteiger partial charge on any atom is -1.00 e. The van der Waals surface area contributed by atoms with Crippen LogP contribution in [-0.4, -0.2) is 49.5 Å². The van der Waals surface area contributed by atoms with Crippen LogP contribution in [0.15, 0.2) is 60.7 Å². The van der Waals surface area contributed by atoms with E-state index >= 15 is 0 Å². The van der Waals surface area contributed by atoms with Crippen molar-refractivity contribution in [3.63, 3.8) is 0 Å². The number of carbonyl (C=O) groups excluding carboxylic acids is 1. The zero-order valence-electron chi connectivity index (χ0n) is 20.2. The SMILES string of the molecule is CCCCCCSC(C(=O)OCC[N+](C)(CC)CC)(c1ccccc1)c1ccccc1.[I-]. The van der Waals surface area contributed by atoms with Gasteiger partial charge in [-0.2, -0.15) is 0 Å². The highest BCUT2D eigenvalue weighted by Crippen LogP contribution is 2.44. The van der Waals surface area contributed by atoms with Gasteiger partial charge in [0.2, 0.25) is 0 Å². The second-order valence-corrected chi connectivity index (χ2v) is 9.74. The molecule has 2 aromatic carbocycles. The Labute approximate surface area is 216 Å². The van der Waals surface area contributed by atoms with Crippen LogP contribution in [0.4, 0.5) is 0 Å². The lowest BCUT2D eigenvalue weighted by molar-refractivity contribution is -0.906. The van der Waals surface area contributed by atoms with Crippen LogP contribution >= 0.6 is 11.8 Å². The van der Waals surface area contributed by atoms with E-state index in [0.717, 1.165) is 47.4 Å². The van der Waals surface area contributed by atoms with E-state index < -0.39 is 4.75 Å². The van der Waals surface area contributed by atoms with Crippen LogP contribution in [0, 0.1) is 0 Å². The fraction of sp³-hybridized carbons (Fsp3) is 0.519. The van der Waals surface area contributed by atoms with Gasteiger partial charge in [-0.1, -0.05) is 86.8 Å². The molecule has 0 heterocycles. The Morgan fingerprint density at radius 1 is 0.875 bits per heavy atom. The summed E-state index contributed by atoms with van der Waals surface area (Å²) in [6.07, 6.45) is 4.75. The molecule has 0 aliphatic rings. The monoisotopic (exact) mass is 569 g/mol. The lowest BCUT2D eigenvalue weighted by Crippen LogP contribution is -3.00. The van der Waals surface area contributed by atoms with Crippen LogP contribution in [-0.2, 0) is 14.3 Å². The number of nitrogens with zero attached hydrogens (tertiary/aromatic N) is 1. The van der Waals surface area contributed by atoms with Crippen LogP contribution in [0.2, 0.25) is 0 Å². The highest BCUT2D eigenvalue weighted by Gasteiger charge is 2.44. The summed E-state index contributed by atoms with van der Waals surface area (Å²) >= 11 is 1.72. The molecule has 0 aliphatic carbocycles. The van der Waals surface area contributed by atoms with Crippen molar-refractivity contribution in [3.05, 3.63) is 71.8 Å². The highest BCUT2D eigenvalue weighted by molar-refractivity contribution is 8.01. The van der Waals surface area contributed by atoms with Gasteiger partial charge in [-0.15, -0.1) is 11.8 Å². The molecule has 0 radical (unpaired) electrons. The number of halogens is 1. The molecule has 0 saturated carbocycles. The van der Waals surface area contributed by atoms with E-state index in [1.165, 1.54) is 19.3 Å². The van der Waals surface area contributed by atoms with Gasteiger partial charge in [-0.25, -0.2) is 4.79 Å². The molecule has 0 atom stereocenters. The first-order valence-corrected chi connectivity index (χ1v) is 12.8. The average molecular weight is 570 g/mol. The lowest BCUT2D eigenvalue weighted by atomic mass is 9.90. The quantitative estimate of drug-likeness (QED) is 0.151. The molecular formula is C27H40INO2S. The number of carbonyl (C=O) groups is 1. The minimum atomic E-state index is -0.837. The number of esters is 1. The molecule has 0 aliphatic heterocycles. The summed E-state index contributed by atoms with van der Waals surface area (Å²) in [7, 11) is 2.22. The Bertz CT molecular complexity index is 726. The summed E-state index contributed by atoms with van der Waals surface area (Å²) < 4.78 is 6.09. The first-order chi connectivity index (χ1) is 15.0. The standard InChI is InChI=1S/C27H40NO2S.HI/c1-5-8-9-16-23-31-27(24-17-12-10-13-18-24,25-19-14-11-15-20-25)26(29)30-22-21-28(4,6-2)7-3;/h10-15,17-20H,5-9,16,21-23H2,1-4H3;1H/q+1;/p-1. The van der Waals surface area contributed by atoms with Crippen molar-refractivity contribution < 1.29 is 38.0 Å². The summed E-state index contributed by atoms with van der Waals surface area (Å²) in [5.41, 5.74) is 1.99. The maximum Gasteiger partial charge on any atom is 0.331 e. The van der Waals surface area contributed by atoms with Crippen molar-refractivity contribution in [2.45, 2.75) is 51.2 Å². The van der Waals surface area contributed by atoms with E-state index in [0.29, 0.717) is 6.61 Å². The zero-order chi connectivity index (χ0) is 22.6. The topological polar surface area (TPSA) is 26.3 Å². The van der Waals surface area contributed by atoms with Gasteiger partial charge < -0.3 is 33.2 Å². The summed E-state index contributed by atoms with van der Waals surface area (Å²) in [6.45, 7) is 9.94. The van der Waals surface area contributed by atoms with Gasteiger partial charge in [-0.3, -0.25) is 0 Å². The largest absolute Gasteiger partial charge is 1.00 e. The summed E-state index contributed by atoms with van der Waals surface area (Å²) in [5, 5.41) is 0. The molecule has 0 saturated heterocycles. The number of benzene rings is 2. The Balaban J connectivity index is 0.00000512. The minimum absolute atomic E-state index is 0. The molecule has 0 amide bonds. The fourth-order valence-corrected chi connectivity index (χ4v) is 5.16. The third-order valence-electron chi connectivity index (χ3n) is 6.36. The van der Waals surface area contributed by atoms with Crippen LogP contribution < -0.4 is 24.0 Å². The normalized spacial score (nSPS) is 11.6. The molecule has 2 aromatic rings. The summed E-state index contributed by atoms with van der Waals surface area (Å²) in [5.74, 6) is 0.778. The first-order valence-electron chi connectivity index (χ1n) is 11.8. The molecular weight excluding hydrogens is 529 g/mol.